The Morgan fingerprint density at radius 2 is 1.90 bits per heavy atom. The molecule has 0 fully saturated rings. The fraction of sp³-hybridized carbons (Fsp3) is 0.0526. The zero-order valence-electron chi connectivity index (χ0n) is 14.9. The van der Waals surface area contributed by atoms with Gasteiger partial charge in [-0.1, -0.05) is 23.7 Å². The topological polar surface area (TPSA) is 81.1 Å². The van der Waals surface area contributed by atoms with Crippen LogP contribution in [0.2, 0.25) is 4.34 Å². The van der Waals surface area contributed by atoms with Crippen molar-refractivity contribution in [3.8, 4) is 5.69 Å². The van der Waals surface area contributed by atoms with E-state index >= 15 is 0 Å². The molecule has 2 heterocycles. The van der Waals surface area contributed by atoms with Gasteiger partial charge in [-0.2, -0.15) is 0 Å². The third-order valence-corrected chi connectivity index (χ3v) is 7.30. The lowest BCUT2D eigenvalue weighted by Gasteiger charge is -2.13. The van der Waals surface area contributed by atoms with E-state index in [0.29, 0.717) is 21.1 Å². The first-order chi connectivity index (χ1) is 13.8. The molecule has 6 nitrogen and oxygen atoms in total. The predicted octanol–water partition coefficient (Wildman–Crippen LogP) is 4.35. The van der Waals surface area contributed by atoms with Gasteiger partial charge in [-0.15, -0.1) is 11.3 Å². The number of nitrogens with one attached hydrogen (secondary N) is 1. The van der Waals surface area contributed by atoms with E-state index in [1.807, 2.05) is 0 Å². The SMILES string of the molecule is Cc1nc2ccccc2c(=O)n1-c1ccc(F)c(NS(=O)(=O)c2ccc(Cl)s2)c1. The number of aromatic nitrogens is 2. The fourth-order valence-electron chi connectivity index (χ4n) is 2.92. The van der Waals surface area contributed by atoms with E-state index in [-0.39, 0.29) is 21.1 Å². The van der Waals surface area contributed by atoms with Gasteiger partial charge in [0.15, 0.2) is 0 Å². The minimum Gasteiger partial charge on any atom is -0.276 e. The lowest BCUT2D eigenvalue weighted by atomic mass is 10.2. The second kappa shape index (κ2) is 7.25. The summed E-state index contributed by atoms with van der Waals surface area (Å²) in [5, 5.41) is 0.401. The molecule has 1 N–H and O–H groups in total. The maximum Gasteiger partial charge on any atom is 0.271 e. The summed E-state index contributed by atoms with van der Waals surface area (Å²) in [4.78, 5) is 17.3. The number of hydrogen-bond acceptors (Lipinski definition) is 5. The molecule has 0 amide bonds. The van der Waals surface area contributed by atoms with E-state index in [0.717, 1.165) is 17.4 Å². The molecule has 10 heteroatoms. The molecule has 0 aliphatic heterocycles. The van der Waals surface area contributed by atoms with Gasteiger partial charge in [-0.05, 0) is 49.4 Å². The zero-order chi connectivity index (χ0) is 20.8. The number of anilines is 1. The largest absolute Gasteiger partial charge is 0.276 e. The summed E-state index contributed by atoms with van der Waals surface area (Å²) in [5.74, 6) is -0.390. The number of nitrogens with zero attached hydrogens (tertiary/aromatic N) is 2. The molecule has 4 rings (SSSR count). The number of aryl methyl sites for hydroxylation is 1. The van der Waals surface area contributed by atoms with E-state index in [1.54, 1.807) is 31.2 Å². The molecule has 0 atom stereocenters. The van der Waals surface area contributed by atoms with Gasteiger partial charge in [0, 0.05) is 0 Å². The van der Waals surface area contributed by atoms with Crippen molar-refractivity contribution < 1.29 is 12.8 Å². The summed E-state index contributed by atoms with van der Waals surface area (Å²) < 4.78 is 43.1. The van der Waals surface area contributed by atoms with Crippen molar-refractivity contribution in [3.05, 3.63) is 80.9 Å². The molecule has 0 bridgehead atoms. The lowest BCUT2D eigenvalue weighted by molar-refractivity contribution is 0.600. The molecule has 2 aromatic carbocycles. The summed E-state index contributed by atoms with van der Waals surface area (Å²) in [6.07, 6.45) is 0. The Bertz CT molecular complexity index is 1410. The summed E-state index contributed by atoms with van der Waals surface area (Å²) >= 11 is 6.65. The van der Waals surface area contributed by atoms with Gasteiger partial charge in [-0.25, -0.2) is 17.8 Å². The first-order valence-corrected chi connectivity index (χ1v) is 11.0. The Morgan fingerprint density at radius 1 is 1.14 bits per heavy atom. The molecule has 0 aliphatic rings. The van der Waals surface area contributed by atoms with Crippen LogP contribution in [0.5, 0.6) is 0 Å². The van der Waals surface area contributed by atoms with Crippen molar-refractivity contribution in [2.45, 2.75) is 11.1 Å². The Kier molecular flexibility index (Phi) is 4.89. The van der Waals surface area contributed by atoms with Crippen molar-refractivity contribution >= 4 is 49.6 Å². The van der Waals surface area contributed by atoms with E-state index < -0.39 is 15.8 Å². The highest BCUT2D eigenvalue weighted by Gasteiger charge is 2.20. The zero-order valence-corrected chi connectivity index (χ0v) is 17.3. The monoisotopic (exact) mass is 449 g/mol. The van der Waals surface area contributed by atoms with Crippen molar-refractivity contribution in [3.63, 3.8) is 0 Å². The van der Waals surface area contributed by atoms with Crippen LogP contribution in [0, 0.1) is 12.7 Å². The average Bonchev–Trinajstić information content (AvgIpc) is 3.11. The first kappa shape index (κ1) is 19.6. The molecular formula is C19H13ClFN3O3S2. The number of sulfonamides is 1. The molecule has 148 valence electrons. The molecule has 4 aromatic rings. The number of hydrogen-bond donors (Lipinski definition) is 1. The minimum absolute atomic E-state index is 0.0481. The van der Waals surface area contributed by atoms with Crippen LogP contribution in [0.15, 0.2) is 63.6 Å². The van der Waals surface area contributed by atoms with Crippen LogP contribution < -0.4 is 10.3 Å². The normalized spacial score (nSPS) is 11.7. The van der Waals surface area contributed by atoms with Crippen molar-refractivity contribution in [1.29, 1.82) is 0 Å². The molecule has 0 saturated heterocycles. The Hall–Kier alpha value is -2.75. The van der Waals surface area contributed by atoms with E-state index in [2.05, 4.69) is 9.71 Å². The van der Waals surface area contributed by atoms with Gasteiger partial charge in [0.25, 0.3) is 15.6 Å². The number of thiophene rings is 1. The maximum atomic E-state index is 14.3. The molecule has 0 aliphatic carbocycles. The third kappa shape index (κ3) is 3.64. The van der Waals surface area contributed by atoms with Crippen LogP contribution in [-0.2, 0) is 10.0 Å². The molecule has 0 spiro atoms. The minimum atomic E-state index is -4.03. The second-order valence-electron chi connectivity index (χ2n) is 6.14. The summed E-state index contributed by atoms with van der Waals surface area (Å²) in [5.41, 5.74) is 0.211. The highest BCUT2D eigenvalue weighted by molar-refractivity contribution is 7.94. The van der Waals surface area contributed by atoms with Crippen LogP contribution in [0.4, 0.5) is 10.1 Å². The van der Waals surface area contributed by atoms with Gasteiger partial charge >= 0.3 is 0 Å². The summed E-state index contributed by atoms with van der Waals surface area (Å²) in [6, 6.07) is 13.4. The highest BCUT2D eigenvalue weighted by atomic mass is 35.5. The van der Waals surface area contributed by atoms with Crippen molar-refractivity contribution in [1.82, 2.24) is 9.55 Å². The number of benzene rings is 2. The third-order valence-electron chi connectivity index (χ3n) is 4.21. The van der Waals surface area contributed by atoms with Crippen molar-refractivity contribution in [2.75, 3.05) is 4.72 Å². The summed E-state index contributed by atoms with van der Waals surface area (Å²) in [6.45, 7) is 1.65. The van der Waals surface area contributed by atoms with Gasteiger partial charge in [0.1, 0.15) is 15.9 Å². The number of halogens is 2. The quantitative estimate of drug-likeness (QED) is 0.502. The smallest absolute Gasteiger partial charge is 0.271 e. The molecule has 0 unspecified atom stereocenters. The maximum absolute atomic E-state index is 14.3. The van der Waals surface area contributed by atoms with E-state index in [9.17, 15) is 17.6 Å². The first-order valence-electron chi connectivity index (χ1n) is 8.33. The number of rotatable bonds is 4. The molecule has 2 aromatic heterocycles. The van der Waals surface area contributed by atoms with Gasteiger partial charge < -0.3 is 0 Å². The van der Waals surface area contributed by atoms with Crippen LogP contribution in [0.25, 0.3) is 16.6 Å². The Morgan fingerprint density at radius 3 is 2.62 bits per heavy atom. The highest BCUT2D eigenvalue weighted by Crippen LogP contribution is 2.28. The Labute approximate surface area is 174 Å². The van der Waals surface area contributed by atoms with Gasteiger partial charge in [-0.3, -0.25) is 14.1 Å². The van der Waals surface area contributed by atoms with Crippen LogP contribution in [-0.4, -0.2) is 18.0 Å². The van der Waals surface area contributed by atoms with Crippen LogP contribution >= 0.6 is 22.9 Å². The lowest BCUT2D eigenvalue weighted by Crippen LogP contribution is -2.22. The van der Waals surface area contributed by atoms with E-state index in [4.69, 9.17) is 11.6 Å². The standard InChI is InChI=1S/C19H13ClFN3O3S2/c1-11-22-15-5-3-2-4-13(15)19(25)24(11)12-6-7-14(21)16(10-12)23-29(26,27)18-9-8-17(20)28-18/h2-10,23H,1H3. The second-order valence-corrected chi connectivity index (χ2v) is 9.77. The van der Waals surface area contributed by atoms with E-state index in [1.165, 1.54) is 28.8 Å². The van der Waals surface area contributed by atoms with Gasteiger partial charge in [0.05, 0.1) is 26.6 Å². The van der Waals surface area contributed by atoms with Crippen molar-refractivity contribution in [2.24, 2.45) is 0 Å². The molecule has 0 saturated carbocycles. The molecular weight excluding hydrogens is 437 g/mol. The molecule has 0 radical (unpaired) electrons. The number of para-hydroxylation sites is 1. The van der Waals surface area contributed by atoms with Crippen LogP contribution in [0.3, 0.4) is 0 Å². The average molecular weight is 450 g/mol. The fourth-order valence-corrected chi connectivity index (χ4v) is 5.46. The van der Waals surface area contributed by atoms with Crippen LogP contribution in [0.1, 0.15) is 5.82 Å². The summed E-state index contributed by atoms with van der Waals surface area (Å²) in [7, 11) is -4.03. The Balaban J connectivity index is 1.82. The van der Waals surface area contributed by atoms with Gasteiger partial charge in [0.2, 0.25) is 0 Å². The number of fused-ring (bicyclic) bond motifs is 1. The molecule has 29 heavy (non-hydrogen) atoms. The predicted molar refractivity (Wildman–Crippen MR) is 112 cm³/mol.